The quantitative estimate of drug-likeness (QED) is 0.831. The molecule has 1 unspecified atom stereocenters. The Morgan fingerprint density at radius 2 is 2.50 bits per heavy atom. The largest absolute Gasteiger partial charge is 0.390 e. The predicted molar refractivity (Wildman–Crippen MR) is 57.0 cm³/mol. The minimum Gasteiger partial charge on any atom is -0.390 e. The van der Waals surface area contributed by atoms with E-state index in [-0.39, 0.29) is 13.0 Å². The zero-order valence-corrected chi connectivity index (χ0v) is 9.48. The zero-order valence-electron chi connectivity index (χ0n) is 8.66. The lowest BCUT2D eigenvalue weighted by Crippen LogP contribution is -2.17. The Kier molecular flexibility index (Phi) is 3.60. The van der Waals surface area contributed by atoms with Gasteiger partial charge in [0.1, 0.15) is 5.69 Å². The number of nitrogens with zero attached hydrogens (tertiary/aromatic N) is 3. The van der Waals surface area contributed by atoms with Crippen molar-refractivity contribution >= 4 is 11.3 Å². The standard InChI is InChI=1S/C9H11N3O3S/c1-14-3-6(13)2-8-11-9(12-15-8)7-4-16-5-10-7/h4-6,13H,2-3H2,1H3. The molecule has 2 heterocycles. The molecule has 16 heavy (non-hydrogen) atoms. The van der Waals surface area contributed by atoms with Gasteiger partial charge in [-0.15, -0.1) is 11.3 Å². The van der Waals surface area contributed by atoms with Crippen molar-refractivity contribution < 1.29 is 14.4 Å². The van der Waals surface area contributed by atoms with Crippen molar-refractivity contribution in [1.82, 2.24) is 15.1 Å². The lowest BCUT2D eigenvalue weighted by atomic mass is 10.3. The van der Waals surface area contributed by atoms with Gasteiger partial charge in [-0.05, 0) is 0 Å². The zero-order chi connectivity index (χ0) is 11.4. The monoisotopic (exact) mass is 241 g/mol. The fourth-order valence-corrected chi connectivity index (χ4v) is 1.75. The van der Waals surface area contributed by atoms with E-state index in [4.69, 9.17) is 9.26 Å². The number of rotatable bonds is 5. The summed E-state index contributed by atoms with van der Waals surface area (Å²) in [4.78, 5) is 8.19. The van der Waals surface area contributed by atoms with Gasteiger partial charge in [-0.25, -0.2) is 4.98 Å². The molecule has 6 nitrogen and oxygen atoms in total. The Morgan fingerprint density at radius 3 is 3.19 bits per heavy atom. The normalized spacial score (nSPS) is 12.9. The summed E-state index contributed by atoms with van der Waals surface area (Å²) >= 11 is 1.46. The molecule has 0 aliphatic rings. The first kappa shape index (κ1) is 11.2. The van der Waals surface area contributed by atoms with Gasteiger partial charge in [-0.3, -0.25) is 0 Å². The highest BCUT2D eigenvalue weighted by molar-refractivity contribution is 7.07. The molecule has 0 saturated heterocycles. The minimum absolute atomic E-state index is 0.244. The number of aromatic nitrogens is 3. The molecule has 86 valence electrons. The Balaban J connectivity index is 2.03. The van der Waals surface area contributed by atoms with Gasteiger partial charge < -0.3 is 14.4 Å². The molecule has 0 spiro atoms. The molecule has 0 bridgehead atoms. The van der Waals surface area contributed by atoms with Gasteiger partial charge >= 0.3 is 0 Å². The minimum atomic E-state index is -0.631. The van der Waals surface area contributed by atoms with E-state index in [1.165, 1.54) is 18.4 Å². The van der Waals surface area contributed by atoms with Crippen LogP contribution in [0.25, 0.3) is 11.5 Å². The van der Waals surface area contributed by atoms with Crippen LogP contribution in [0.1, 0.15) is 5.89 Å². The second-order valence-corrected chi connectivity index (χ2v) is 3.92. The molecule has 7 heteroatoms. The van der Waals surface area contributed by atoms with Gasteiger partial charge in [-0.2, -0.15) is 4.98 Å². The third kappa shape index (κ3) is 2.63. The summed E-state index contributed by atoms with van der Waals surface area (Å²) in [6.45, 7) is 0.244. The molecule has 0 radical (unpaired) electrons. The highest BCUT2D eigenvalue weighted by atomic mass is 32.1. The molecule has 0 saturated carbocycles. The Labute approximate surface area is 95.9 Å². The number of hydrogen-bond donors (Lipinski definition) is 1. The van der Waals surface area contributed by atoms with Gasteiger partial charge in [0.25, 0.3) is 0 Å². The molecule has 0 aliphatic heterocycles. The molecule has 2 aromatic rings. The second-order valence-electron chi connectivity index (χ2n) is 3.20. The van der Waals surface area contributed by atoms with E-state index < -0.39 is 6.10 Å². The van der Waals surface area contributed by atoms with Crippen molar-refractivity contribution in [3.05, 3.63) is 16.8 Å². The summed E-state index contributed by atoms with van der Waals surface area (Å²) < 4.78 is 9.80. The van der Waals surface area contributed by atoms with Crippen LogP contribution < -0.4 is 0 Å². The molecule has 1 atom stereocenters. The second kappa shape index (κ2) is 5.15. The smallest absolute Gasteiger partial charge is 0.229 e. The molecule has 0 fully saturated rings. The SMILES string of the molecule is COCC(O)Cc1nc(-c2cscn2)no1. The first-order valence-corrected chi connectivity index (χ1v) is 5.62. The Bertz CT molecular complexity index is 429. The lowest BCUT2D eigenvalue weighted by Gasteiger charge is -2.04. The van der Waals surface area contributed by atoms with Crippen molar-refractivity contribution in [2.75, 3.05) is 13.7 Å². The van der Waals surface area contributed by atoms with Crippen LogP contribution in [-0.2, 0) is 11.2 Å². The summed E-state index contributed by atoms with van der Waals surface area (Å²) in [6, 6.07) is 0. The van der Waals surface area contributed by atoms with Crippen molar-refractivity contribution in [1.29, 1.82) is 0 Å². The summed E-state index contributed by atoms with van der Waals surface area (Å²) in [5.74, 6) is 0.827. The summed E-state index contributed by atoms with van der Waals surface area (Å²) in [5.41, 5.74) is 2.38. The van der Waals surface area contributed by atoms with Crippen LogP contribution in [0.2, 0.25) is 0 Å². The van der Waals surface area contributed by atoms with Gasteiger partial charge in [0, 0.05) is 12.5 Å². The third-order valence-electron chi connectivity index (χ3n) is 1.90. The van der Waals surface area contributed by atoms with Gasteiger partial charge in [0.2, 0.25) is 11.7 Å². The van der Waals surface area contributed by atoms with E-state index in [9.17, 15) is 5.11 Å². The fourth-order valence-electron chi connectivity index (χ4n) is 1.22. The molecule has 0 aliphatic carbocycles. The average molecular weight is 241 g/mol. The maximum absolute atomic E-state index is 9.48. The van der Waals surface area contributed by atoms with E-state index in [2.05, 4.69) is 15.1 Å². The third-order valence-corrected chi connectivity index (χ3v) is 2.49. The van der Waals surface area contributed by atoms with Crippen molar-refractivity contribution in [3.8, 4) is 11.5 Å². The lowest BCUT2D eigenvalue weighted by molar-refractivity contribution is 0.0599. The summed E-state index contributed by atoms with van der Waals surface area (Å²) in [6.07, 6.45) is -0.348. The molecule has 2 aromatic heterocycles. The van der Waals surface area contributed by atoms with Crippen LogP contribution in [0, 0.1) is 0 Å². The number of aliphatic hydroxyl groups excluding tert-OH is 1. The maximum Gasteiger partial charge on any atom is 0.229 e. The molecular formula is C9H11N3O3S. The van der Waals surface area contributed by atoms with Crippen molar-refractivity contribution in [2.24, 2.45) is 0 Å². The van der Waals surface area contributed by atoms with Gasteiger partial charge in [-0.1, -0.05) is 5.16 Å². The highest BCUT2D eigenvalue weighted by Crippen LogP contribution is 2.15. The maximum atomic E-state index is 9.48. The Hall–Kier alpha value is -1.31. The van der Waals surface area contributed by atoms with E-state index >= 15 is 0 Å². The molecule has 2 rings (SSSR count). The van der Waals surface area contributed by atoms with Crippen LogP contribution in [0.5, 0.6) is 0 Å². The number of ether oxygens (including phenoxy) is 1. The molecule has 0 amide bonds. The average Bonchev–Trinajstić information content (AvgIpc) is 2.86. The number of methoxy groups -OCH3 is 1. The molecular weight excluding hydrogens is 230 g/mol. The van der Waals surface area contributed by atoms with Crippen molar-refractivity contribution in [3.63, 3.8) is 0 Å². The van der Waals surface area contributed by atoms with Crippen LogP contribution in [0.15, 0.2) is 15.4 Å². The van der Waals surface area contributed by atoms with Crippen LogP contribution in [-0.4, -0.2) is 40.1 Å². The van der Waals surface area contributed by atoms with E-state index in [0.29, 0.717) is 17.4 Å². The van der Waals surface area contributed by atoms with Crippen LogP contribution in [0.3, 0.4) is 0 Å². The first-order valence-electron chi connectivity index (χ1n) is 4.67. The highest BCUT2D eigenvalue weighted by Gasteiger charge is 2.13. The number of hydrogen-bond acceptors (Lipinski definition) is 7. The predicted octanol–water partition coefficient (Wildman–Crippen LogP) is 0.743. The van der Waals surface area contributed by atoms with Crippen molar-refractivity contribution in [2.45, 2.75) is 12.5 Å². The molecule has 0 aromatic carbocycles. The summed E-state index contributed by atoms with van der Waals surface area (Å²) in [5, 5.41) is 15.1. The van der Waals surface area contributed by atoms with Crippen LogP contribution >= 0.6 is 11.3 Å². The van der Waals surface area contributed by atoms with Gasteiger partial charge in [0.05, 0.1) is 24.6 Å². The van der Waals surface area contributed by atoms with Gasteiger partial charge in [0.15, 0.2) is 0 Å². The van der Waals surface area contributed by atoms with E-state index in [0.717, 1.165) is 0 Å². The first-order chi connectivity index (χ1) is 7.79. The fraction of sp³-hybridized carbons (Fsp3) is 0.444. The number of thiazole rings is 1. The van der Waals surface area contributed by atoms with Crippen LogP contribution in [0.4, 0.5) is 0 Å². The van der Waals surface area contributed by atoms with E-state index in [1.807, 2.05) is 5.38 Å². The number of aliphatic hydroxyl groups is 1. The molecule has 1 N–H and O–H groups in total. The van der Waals surface area contributed by atoms with E-state index in [1.54, 1.807) is 5.51 Å². The topological polar surface area (TPSA) is 81.3 Å². The summed E-state index contributed by atoms with van der Waals surface area (Å²) in [7, 11) is 1.53. The Morgan fingerprint density at radius 1 is 1.62 bits per heavy atom.